The Hall–Kier alpha value is -2.98. The van der Waals surface area contributed by atoms with Crippen LogP contribution < -0.4 is 24.3 Å². The molecule has 0 aliphatic heterocycles. The quantitative estimate of drug-likeness (QED) is 0.542. The largest absolute Gasteiger partial charge is 0.496 e. The van der Waals surface area contributed by atoms with E-state index >= 15 is 0 Å². The van der Waals surface area contributed by atoms with Crippen LogP contribution in [0.25, 0.3) is 0 Å². The van der Waals surface area contributed by atoms with Crippen molar-refractivity contribution in [1.29, 1.82) is 0 Å². The molecule has 0 saturated carbocycles. The summed E-state index contributed by atoms with van der Waals surface area (Å²) in [7, 11) is 5.41. The second-order valence-electron chi connectivity index (χ2n) is 7.03. The number of hydrogen-bond acceptors (Lipinski definition) is 7. The van der Waals surface area contributed by atoms with Gasteiger partial charge in [-0.1, -0.05) is 0 Å². The summed E-state index contributed by atoms with van der Waals surface area (Å²) in [6, 6.07) is 8.15. The Morgan fingerprint density at radius 3 is 2.06 bits per heavy atom. The molecule has 1 N–H and O–H groups in total. The average molecular weight is 467 g/mol. The number of amides is 1. The van der Waals surface area contributed by atoms with E-state index in [9.17, 15) is 13.2 Å². The first kappa shape index (κ1) is 25.3. The lowest BCUT2D eigenvalue weighted by molar-refractivity contribution is -0.121. The van der Waals surface area contributed by atoms with E-state index < -0.39 is 10.0 Å². The van der Waals surface area contributed by atoms with Gasteiger partial charge in [-0.3, -0.25) is 4.79 Å². The van der Waals surface area contributed by atoms with Gasteiger partial charge in [-0.25, -0.2) is 12.7 Å². The lowest BCUT2D eigenvalue weighted by atomic mass is 10.1. The molecule has 2 rings (SSSR count). The third-order valence-electron chi connectivity index (χ3n) is 4.91. The van der Waals surface area contributed by atoms with Crippen LogP contribution in [-0.4, -0.2) is 61.2 Å². The summed E-state index contributed by atoms with van der Waals surface area (Å²) >= 11 is 0. The van der Waals surface area contributed by atoms with Crippen LogP contribution in [0.2, 0.25) is 0 Å². The maximum Gasteiger partial charge on any atom is 0.242 e. The second-order valence-corrected chi connectivity index (χ2v) is 9.18. The van der Waals surface area contributed by atoms with Crippen LogP contribution in [0.15, 0.2) is 35.2 Å². The van der Waals surface area contributed by atoms with Crippen molar-refractivity contribution in [2.75, 3.05) is 42.5 Å². The Labute approximate surface area is 189 Å². The Morgan fingerprint density at radius 2 is 1.50 bits per heavy atom. The number of sulfonamides is 1. The van der Waals surface area contributed by atoms with Crippen molar-refractivity contribution in [3.63, 3.8) is 0 Å². The fourth-order valence-electron chi connectivity index (χ4n) is 3.15. The summed E-state index contributed by atoms with van der Waals surface area (Å²) in [5.74, 6) is 1.78. The third-order valence-corrected chi connectivity index (χ3v) is 6.72. The molecule has 2 aromatic rings. The minimum atomic E-state index is -3.59. The van der Waals surface area contributed by atoms with Gasteiger partial charge < -0.3 is 24.3 Å². The predicted molar refractivity (Wildman–Crippen MR) is 120 cm³/mol. The molecule has 0 aliphatic rings. The SMILES string of the molecule is COc1ccc(S(=O)(=O)N(C)C)cc1CCC(=O)NCc1ccc(OC)c(OC)c1OC. The molecule has 0 aromatic heterocycles. The number of nitrogens with zero attached hydrogens (tertiary/aromatic N) is 1. The molecule has 0 unspecified atom stereocenters. The van der Waals surface area contributed by atoms with Crippen molar-refractivity contribution in [3.05, 3.63) is 41.5 Å². The lowest BCUT2D eigenvalue weighted by Gasteiger charge is -2.16. The fraction of sp³-hybridized carbons (Fsp3) is 0.409. The van der Waals surface area contributed by atoms with Crippen molar-refractivity contribution < 1.29 is 32.2 Å². The van der Waals surface area contributed by atoms with E-state index in [1.54, 1.807) is 24.3 Å². The maximum atomic E-state index is 12.5. The van der Waals surface area contributed by atoms with Crippen LogP contribution in [0.1, 0.15) is 17.5 Å². The standard InChI is InChI=1S/C22H30N2O7S/c1-24(2)32(26,27)17-9-11-18(28-3)15(13-17)8-12-20(25)23-14-16-7-10-19(29-4)22(31-6)21(16)30-5/h7,9-11,13H,8,12,14H2,1-6H3,(H,23,25). The normalized spacial score (nSPS) is 11.2. The number of methoxy groups -OCH3 is 4. The molecule has 0 aliphatic carbocycles. The van der Waals surface area contributed by atoms with Crippen LogP contribution in [0.4, 0.5) is 0 Å². The van der Waals surface area contributed by atoms with E-state index in [0.29, 0.717) is 35.0 Å². The van der Waals surface area contributed by atoms with Gasteiger partial charge in [-0.15, -0.1) is 0 Å². The molecule has 0 heterocycles. The number of carbonyl (C=O) groups is 1. The number of ether oxygens (including phenoxy) is 4. The number of hydrogen-bond donors (Lipinski definition) is 1. The molecule has 0 bridgehead atoms. The minimum absolute atomic E-state index is 0.147. The third kappa shape index (κ3) is 5.63. The number of nitrogens with one attached hydrogen (secondary N) is 1. The molecule has 0 fully saturated rings. The number of aryl methyl sites for hydroxylation is 1. The van der Waals surface area contributed by atoms with Crippen molar-refractivity contribution in [1.82, 2.24) is 9.62 Å². The van der Waals surface area contributed by atoms with Crippen molar-refractivity contribution in [3.8, 4) is 23.0 Å². The van der Waals surface area contributed by atoms with Gasteiger partial charge in [0.15, 0.2) is 11.5 Å². The number of rotatable bonds is 11. The molecule has 0 atom stereocenters. The highest BCUT2D eigenvalue weighted by molar-refractivity contribution is 7.89. The maximum absolute atomic E-state index is 12.5. The highest BCUT2D eigenvalue weighted by atomic mass is 32.2. The molecule has 9 nitrogen and oxygen atoms in total. The summed E-state index contributed by atoms with van der Waals surface area (Å²) < 4.78 is 47.4. The smallest absolute Gasteiger partial charge is 0.242 e. The summed E-state index contributed by atoms with van der Waals surface area (Å²) in [6.45, 7) is 0.231. The Kier molecular flexibility index (Phi) is 8.73. The van der Waals surface area contributed by atoms with E-state index in [4.69, 9.17) is 18.9 Å². The van der Waals surface area contributed by atoms with Gasteiger partial charge in [0.2, 0.25) is 21.7 Å². The first-order chi connectivity index (χ1) is 15.2. The van der Waals surface area contributed by atoms with Gasteiger partial charge >= 0.3 is 0 Å². The number of carbonyl (C=O) groups excluding carboxylic acids is 1. The first-order valence-corrected chi connectivity index (χ1v) is 11.3. The van der Waals surface area contributed by atoms with Crippen molar-refractivity contribution in [2.45, 2.75) is 24.3 Å². The molecule has 32 heavy (non-hydrogen) atoms. The fourth-order valence-corrected chi connectivity index (χ4v) is 4.11. The topological polar surface area (TPSA) is 103 Å². The van der Waals surface area contributed by atoms with Crippen LogP contribution in [0, 0.1) is 0 Å². The molecule has 10 heteroatoms. The van der Waals surface area contributed by atoms with Crippen LogP contribution in [-0.2, 0) is 27.8 Å². The molecule has 0 saturated heterocycles. The van der Waals surface area contributed by atoms with Gasteiger partial charge in [0.1, 0.15) is 5.75 Å². The van der Waals surface area contributed by atoms with Gasteiger partial charge in [-0.05, 0) is 42.3 Å². The predicted octanol–water partition coefficient (Wildman–Crippen LogP) is 2.22. The summed E-state index contributed by atoms with van der Waals surface area (Å²) in [6.07, 6.45) is 0.465. The molecular weight excluding hydrogens is 436 g/mol. The second kappa shape index (κ2) is 11.1. The zero-order chi connectivity index (χ0) is 23.9. The van der Waals surface area contributed by atoms with Gasteiger partial charge in [0.05, 0.1) is 33.3 Å². The Morgan fingerprint density at radius 1 is 0.875 bits per heavy atom. The summed E-state index contributed by atoms with van der Waals surface area (Å²) in [5.41, 5.74) is 1.37. The summed E-state index contributed by atoms with van der Waals surface area (Å²) in [4.78, 5) is 12.6. The van der Waals surface area contributed by atoms with Crippen molar-refractivity contribution in [2.24, 2.45) is 0 Å². The number of benzene rings is 2. The van der Waals surface area contributed by atoms with E-state index in [2.05, 4.69) is 5.32 Å². The van der Waals surface area contributed by atoms with E-state index in [1.165, 1.54) is 48.6 Å². The monoisotopic (exact) mass is 466 g/mol. The van der Waals surface area contributed by atoms with Gasteiger partial charge in [0.25, 0.3) is 0 Å². The molecular formula is C22H30N2O7S. The summed E-state index contributed by atoms with van der Waals surface area (Å²) in [5, 5.41) is 2.85. The zero-order valence-corrected chi connectivity index (χ0v) is 20.0. The van der Waals surface area contributed by atoms with Crippen LogP contribution in [0.5, 0.6) is 23.0 Å². The van der Waals surface area contributed by atoms with E-state index in [-0.39, 0.29) is 23.8 Å². The highest BCUT2D eigenvalue weighted by Crippen LogP contribution is 2.39. The van der Waals surface area contributed by atoms with Crippen LogP contribution >= 0.6 is 0 Å². The lowest BCUT2D eigenvalue weighted by Crippen LogP contribution is -2.24. The average Bonchev–Trinajstić information content (AvgIpc) is 2.79. The molecule has 0 spiro atoms. The molecule has 1 amide bonds. The zero-order valence-electron chi connectivity index (χ0n) is 19.2. The van der Waals surface area contributed by atoms with E-state index in [0.717, 1.165) is 9.87 Å². The van der Waals surface area contributed by atoms with Crippen LogP contribution in [0.3, 0.4) is 0 Å². The Bertz CT molecular complexity index is 1050. The first-order valence-electron chi connectivity index (χ1n) is 9.83. The molecule has 2 aromatic carbocycles. The minimum Gasteiger partial charge on any atom is -0.496 e. The molecule has 176 valence electrons. The van der Waals surface area contributed by atoms with Crippen molar-refractivity contribution >= 4 is 15.9 Å². The van der Waals surface area contributed by atoms with Gasteiger partial charge in [0, 0.05) is 32.6 Å². The highest BCUT2D eigenvalue weighted by Gasteiger charge is 2.20. The van der Waals surface area contributed by atoms with Gasteiger partial charge in [-0.2, -0.15) is 0 Å². The van der Waals surface area contributed by atoms with E-state index in [1.807, 2.05) is 0 Å². The Balaban J connectivity index is 2.11. The molecule has 0 radical (unpaired) electrons.